The van der Waals surface area contributed by atoms with Crippen molar-refractivity contribution in [1.29, 1.82) is 0 Å². The van der Waals surface area contributed by atoms with Gasteiger partial charge in [0.15, 0.2) is 6.04 Å². The lowest BCUT2D eigenvalue weighted by molar-refractivity contribution is -0.146. The first-order valence-electron chi connectivity index (χ1n) is 8.81. The molecule has 29 heavy (non-hydrogen) atoms. The molecular formula is C16H29N5O8. The number of amides is 4. The van der Waals surface area contributed by atoms with E-state index in [9.17, 15) is 34.2 Å². The van der Waals surface area contributed by atoms with Gasteiger partial charge in [0.2, 0.25) is 23.6 Å². The van der Waals surface area contributed by atoms with E-state index in [1.807, 2.05) is 5.32 Å². The summed E-state index contributed by atoms with van der Waals surface area (Å²) < 4.78 is 0. The fraction of sp³-hybridized carbons (Fsp3) is 0.688. The van der Waals surface area contributed by atoms with Crippen LogP contribution in [0.4, 0.5) is 0 Å². The quantitative estimate of drug-likeness (QED) is 0.153. The number of aliphatic hydroxyl groups excluding tert-OH is 2. The standard InChI is InChI=1S/C16H29N5O8/c1-6(17)13(25)19-9(4-5-10(18)24)14(26)20-11(7(2)22)15(27)21-12(8(3)23)16(28)29/h6-9,11-12,22-23H,4-5,17H2,1-3H3,(H2,18,24)(H,19,25)(H,20,26)(H,21,27)(H,28,29). The maximum atomic E-state index is 12.5. The number of carbonyl (C=O) groups excluding carboxylic acids is 4. The van der Waals surface area contributed by atoms with Crippen molar-refractivity contribution in [3.63, 3.8) is 0 Å². The van der Waals surface area contributed by atoms with Gasteiger partial charge in [0.1, 0.15) is 12.1 Å². The molecule has 0 aromatic heterocycles. The normalized spacial score (nSPS) is 17.0. The van der Waals surface area contributed by atoms with Crippen molar-refractivity contribution < 1.29 is 39.3 Å². The Morgan fingerprint density at radius 1 is 0.828 bits per heavy atom. The highest BCUT2D eigenvalue weighted by Gasteiger charge is 2.33. The van der Waals surface area contributed by atoms with Crippen LogP contribution in [0.2, 0.25) is 0 Å². The molecule has 13 heteroatoms. The first kappa shape index (κ1) is 26.2. The summed E-state index contributed by atoms with van der Waals surface area (Å²) in [5.41, 5.74) is 10.5. The van der Waals surface area contributed by atoms with Crippen molar-refractivity contribution in [2.45, 2.75) is 70.0 Å². The van der Waals surface area contributed by atoms with Crippen molar-refractivity contribution in [3.05, 3.63) is 0 Å². The third-order valence-corrected chi connectivity index (χ3v) is 3.83. The molecule has 0 heterocycles. The van der Waals surface area contributed by atoms with E-state index in [1.54, 1.807) is 0 Å². The van der Waals surface area contributed by atoms with E-state index in [-0.39, 0.29) is 12.8 Å². The molecule has 0 spiro atoms. The molecule has 10 N–H and O–H groups in total. The zero-order valence-electron chi connectivity index (χ0n) is 16.4. The van der Waals surface area contributed by atoms with Gasteiger partial charge < -0.3 is 42.7 Å². The highest BCUT2D eigenvalue weighted by Crippen LogP contribution is 2.03. The first-order valence-corrected chi connectivity index (χ1v) is 8.81. The van der Waals surface area contributed by atoms with Gasteiger partial charge in [-0.15, -0.1) is 0 Å². The number of carbonyl (C=O) groups is 5. The Hall–Kier alpha value is -2.77. The molecule has 0 aliphatic heterocycles. The number of rotatable bonds is 12. The number of hydrogen-bond donors (Lipinski definition) is 8. The minimum atomic E-state index is -1.68. The molecule has 0 rings (SSSR count). The van der Waals surface area contributed by atoms with Gasteiger partial charge in [-0.3, -0.25) is 19.2 Å². The highest BCUT2D eigenvalue weighted by atomic mass is 16.4. The number of nitrogens with two attached hydrogens (primary N) is 2. The van der Waals surface area contributed by atoms with Crippen LogP contribution in [0.25, 0.3) is 0 Å². The van der Waals surface area contributed by atoms with E-state index in [1.165, 1.54) is 13.8 Å². The van der Waals surface area contributed by atoms with E-state index >= 15 is 0 Å². The van der Waals surface area contributed by atoms with Crippen molar-refractivity contribution in [2.24, 2.45) is 11.5 Å². The lowest BCUT2D eigenvalue weighted by atomic mass is 10.1. The second-order valence-corrected chi connectivity index (χ2v) is 6.65. The number of aliphatic hydroxyl groups is 2. The molecule has 0 aromatic rings. The molecular weight excluding hydrogens is 390 g/mol. The summed E-state index contributed by atoms with van der Waals surface area (Å²) in [6.07, 6.45) is -3.36. The van der Waals surface area contributed by atoms with Crippen LogP contribution in [-0.4, -0.2) is 81.3 Å². The van der Waals surface area contributed by atoms with Crippen LogP contribution in [0.15, 0.2) is 0 Å². The zero-order chi connectivity index (χ0) is 22.9. The Bertz CT molecular complexity index is 622. The van der Waals surface area contributed by atoms with Crippen molar-refractivity contribution in [2.75, 3.05) is 0 Å². The van der Waals surface area contributed by atoms with Gasteiger partial charge in [-0.2, -0.15) is 0 Å². The van der Waals surface area contributed by atoms with Crippen LogP contribution in [-0.2, 0) is 24.0 Å². The van der Waals surface area contributed by atoms with Crippen LogP contribution in [0, 0.1) is 0 Å². The minimum Gasteiger partial charge on any atom is -0.480 e. The summed E-state index contributed by atoms with van der Waals surface area (Å²) in [7, 11) is 0. The topological polar surface area (TPSA) is 234 Å². The summed E-state index contributed by atoms with van der Waals surface area (Å²) in [5, 5.41) is 34.8. The summed E-state index contributed by atoms with van der Waals surface area (Å²) in [6, 6.07) is -5.53. The van der Waals surface area contributed by atoms with Gasteiger partial charge in [-0.1, -0.05) is 0 Å². The molecule has 4 amide bonds. The number of carboxylic acids is 1. The molecule has 166 valence electrons. The predicted octanol–water partition coefficient (Wildman–Crippen LogP) is -4.10. The second kappa shape index (κ2) is 11.9. The fourth-order valence-corrected chi connectivity index (χ4v) is 2.15. The molecule has 0 saturated heterocycles. The highest BCUT2D eigenvalue weighted by molar-refractivity contribution is 5.94. The molecule has 0 aromatic carbocycles. The van der Waals surface area contributed by atoms with E-state index in [0.717, 1.165) is 6.92 Å². The van der Waals surface area contributed by atoms with Crippen LogP contribution in [0.5, 0.6) is 0 Å². The van der Waals surface area contributed by atoms with Gasteiger partial charge in [0.05, 0.1) is 18.2 Å². The number of hydrogen-bond acceptors (Lipinski definition) is 8. The Balaban J connectivity index is 5.38. The summed E-state index contributed by atoms with van der Waals surface area (Å²) in [6.45, 7) is 3.67. The number of nitrogens with one attached hydrogen (secondary N) is 3. The SMILES string of the molecule is CC(N)C(=O)NC(CCC(N)=O)C(=O)NC(C(=O)NC(C(=O)O)C(C)O)C(C)O. The number of primary amides is 1. The second-order valence-electron chi connectivity index (χ2n) is 6.65. The van der Waals surface area contributed by atoms with Crippen LogP contribution < -0.4 is 27.4 Å². The molecule has 0 radical (unpaired) electrons. The third-order valence-electron chi connectivity index (χ3n) is 3.83. The Morgan fingerprint density at radius 3 is 1.69 bits per heavy atom. The lowest BCUT2D eigenvalue weighted by Crippen LogP contribution is -2.60. The van der Waals surface area contributed by atoms with Gasteiger partial charge in [-0.25, -0.2) is 4.79 Å². The monoisotopic (exact) mass is 419 g/mol. The van der Waals surface area contributed by atoms with Gasteiger partial charge in [0.25, 0.3) is 0 Å². The minimum absolute atomic E-state index is 0.195. The van der Waals surface area contributed by atoms with E-state index < -0.39 is 66.0 Å². The molecule has 0 aliphatic rings. The molecule has 0 fully saturated rings. The summed E-state index contributed by atoms with van der Waals surface area (Å²) in [4.78, 5) is 58.7. The number of aliphatic carboxylic acids is 1. The van der Waals surface area contributed by atoms with Gasteiger partial charge >= 0.3 is 5.97 Å². The number of carboxylic acid groups (broad SMARTS) is 1. The Kier molecular flexibility index (Phi) is 10.8. The Labute approximate surface area is 167 Å². The zero-order valence-corrected chi connectivity index (χ0v) is 16.4. The molecule has 0 saturated carbocycles. The first-order chi connectivity index (χ1) is 13.3. The van der Waals surface area contributed by atoms with Gasteiger partial charge in [0, 0.05) is 6.42 Å². The molecule has 13 nitrogen and oxygen atoms in total. The van der Waals surface area contributed by atoms with E-state index in [0.29, 0.717) is 0 Å². The van der Waals surface area contributed by atoms with Crippen molar-refractivity contribution in [3.8, 4) is 0 Å². The van der Waals surface area contributed by atoms with E-state index in [2.05, 4.69) is 10.6 Å². The maximum Gasteiger partial charge on any atom is 0.328 e. The van der Waals surface area contributed by atoms with Crippen LogP contribution in [0.3, 0.4) is 0 Å². The smallest absolute Gasteiger partial charge is 0.328 e. The maximum absolute atomic E-state index is 12.5. The lowest BCUT2D eigenvalue weighted by Gasteiger charge is -2.26. The molecule has 0 aliphatic carbocycles. The average molecular weight is 419 g/mol. The third kappa shape index (κ3) is 9.32. The van der Waals surface area contributed by atoms with Crippen LogP contribution >= 0.6 is 0 Å². The summed E-state index contributed by atoms with van der Waals surface area (Å²) in [5.74, 6) is -4.96. The van der Waals surface area contributed by atoms with Crippen molar-refractivity contribution >= 4 is 29.6 Å². The molecule has 6 unspecified atom stereocenters. The average Bonchev–Trinajstić information content (AvgIpc) is 2.59. The van der Waals surface area contributed by atoms with Crippen molar-refractivity contribution in [1.82, 2.24) is 16.0 Å². The molecule has 0 bridgehead atoms. The Morgan fingerprint density at radius 2 is 1.31 bits per heavy atom. The fourth-order valence-electron chi connectivity index (χ4n) is 2.15. The van der Waals surface area contributed by atoms with Crippen LogP contribution in [0.1, 0.15) is 33.6 Å². The largest absolute Gasteiger partial charge is 0.480 e. The molecule has 6 atom stereocenters. The van der Waals surface area contributed by atoms with E-state index in [4.69, 9.17) is 16.6 Å². The summed E-state index contributed by atoms with van der Waals surface area (Å²) >= 11 is 0. The predicted molar refractivity (Wildman–Crippen MR) is 98.9 cm³/mol. The van der Waals surface area contributed by atoms with Gasteiger partial charge in [-0.05, 0) is 27.2 Å².